The molecule has 0 aliphatic heterocycles. The number of hydrogen-bond acceptors (Lipinski definition) is 6. The van der Waals surface area contributed by atoms with E-state index in [1.807, 2.05) is 0 Å². The van der Waals surface area contributed by atoms with Crippen LogP contribution in [0.15, 0.2) is 60.8 Å². The number of esters is 3. The van der Waals surface area contributed by atoms with E-state index in [0.29, 0.717) is 19.3 Å². The summed E-state index contributed by atoms with van der Waals surface area (Å²) in [6, 6.07) is 0. The van der Waals surface area contributed by atoms with Crippen LogP contribution in [0.4, 0.5) is 0 Å². The minimum atomic E-state index is -0.781. The lowest BCUT2D eigenvalue weighted by Gasteiger charge is -2.18. The zero-order valence-corrected chi connectivity index (χ0v) is 38.8. The van der Waals surface area contributed by atoms with Gasteiger partial charge in [0.25, 0.3) is 0 Å². The van der Waals surface area contributed by atoms with E-state index >= 15 is 0 Å². The molecule has 0 aromatic carbocycles. The lowest BCUT2D eigenvalue weighted by molar-refractivity contribution is -0.167. The van der Waals surface area contributed by atoms with Crippen LogP contribution in [0.2, 0.25) is 0 Å². The van der Waals surface area contributed by atoms with Crippen LogP contribution in [-0.4, -0.2) is 37.2 Å². The fourth-order valence-corrected chi connectivity index (χ4v) is 6.71. The number of allylic oxidation sites excluding steroid dienone is 10. The van der Waals surface area contributed by atoms with Crippen LogP contribution >= 0.6 is 0 Å². The average molecular weight is 825 g/mol. The molecule has 0 saturated heterocycles. The lowest BCUT2D eigenvalue weighted by atomic mass is 10.1. The molecule has 0 rings (SSSR count). The number of rotatable bonds is 44. The minimum Gasteiger partial charge on any atom is -0.462 e. The van der Waals surface area contributed by atoms with Gasteiger partial charge >= 0.3 is 17.9 Å². The van der Waals surface area contributed by atoms with E-state index in [2.05, 4.69) is 81.5 Å². The van der Waals surface area contributed by atoms with Crippen molar-refractivity contribution >= 4 is 17.9 Å². The quantitative estimate of drug-likeness (QED) is 0.0263. The Bertz CT molecular complexity index is 1090. The van der Waals surface area contributed by atoms with E-state index in [4.69, 9.17) is 14.2 Å². The van der Waals surface area contributed by atoms with Crippen LogP contribution in [0.25, 0.3) is 0 Å². The molecular formula is C53H92O6. The maximum atomic E-state index is 12.7. The number of carbonyl (C=O) groups is 3. The van der Waals surface area contributed by atoms with Crippen molar-refractivity contribution in [2.75, 3.05) is 13.2 Å². The lowest BCUT2D eigenvalue weighted by Crippen LogP contribution is -2.30. The molecule has 0 N–H and O–H groups in total. The van der Waals surface area contributed by atoms with Crippen molar-refractivity contribution in [2.24, 2.45) is 0 Å². The van der Waals surface area contributed by atoms with Gasteiger partial charge in [-0.1, -0.05) is 191 Å². The molecule has 0 aliphatic rings. The van der Waals surface area contributed by atoms with Crippen molar-refractivity contribution in [1.29, 1.82) is 0 Å². The van der Waals surface area contributed by atoms with E-state index < -0.39 is 6.10 Å². The van der Waals surface area contributed by atoms with Gasteiger partial charge in [0.05, 0.1) is 0 Å². The Morgan fingerprint density at radius 1 is 0.356 bits per heavy atom. The number of carbonyl (C=O) groups excluding carboxylic acids is 3. The smallest absolute Gasteiger partial charge is 0.306 e. The molecule has 0 heterocycles. The van der Waals surface area contributed by atoms with Crippen LogP contribution < -0.4 is 0 Å². The predicted molar refractivity (Wildman–Crippen MR) is 251 cm³/mol. The summed E-state index contributed by atoms with van der Waals surface area (Å²) in [5, 5.41) is 0. The normalized spacial score (nSPS) is 12.5. The molecular weight excluding hydrogens is 733 g/mol. The molecule has 0 fully saturated rings. The Morgan fingerprint density at radius 3 is 1.05 bits per heavy atom. The van der Waals surface area contributed by atoms with Crippen LogP contribution in [0, 0.1) is 0 Å². The van der Waals surface area contributed by atoms with Gasteiger partial charge in [0, 0.05) is 19.3 Å². The maximum Gasteiger partial charge on any atom is 0.306 e. The fraction of sp³-hybridized carbons (Fsp3) is 0.755. The summed E-state index contributed by atoms with van der Waals surface area (Å²) in [4.78, 5) is 37.8. The van der Waals surface area contributed by atoms with Crippen LogP contribution in [-0.2, 0) is 28.6 Å². The van der Waals surface area contributed by atoms with E-state index in [1.165, 1.54) is 103 Å². The van der Waals surface area contributed by atoms with Crippen molar-refractivity contribution in [1.82, 2.24) is 0 Å². The van der Waals surface area contributed by atoms with Crippen LogP contribution in [0.5, 0.6) is 0 Å². The molecule has 0 aliphatic carbocycles. The van der Waals surface area contributed by atoms with Gasteiger partial charge in [-0.15, -0.1) is 0 Å². The topological polar surface area (TPSA) is 78.9 Å². The summed E-state index contributed by atoms with van der Waals surface area (Å²) in [5.41, 5.74) is 0. The molecule has 1 atom stereocenters. The molecule has 0 amide bonds. The van der Waals surface area contributed by atoms with Gasteiger partial charge in [0.1, 0.15) is 13.2 Å². The molecule has 0 aromatic rings. The number of hydrogen-bond donors (Lipinski definition) is 0. The van der Waals surface area contributed by atoms with E-state index in [-0.39, 0.29) is 31.1 Å². The largest absolute Gasteiger partial charge is 0.462 e. The minimum absolute atomic E-state index is 0.0830. The molecule has 1 unspecified atom stereocenters. The van der Waals surface area contributed by atoms with E-state index in [1.54, 1.807) is 0 Å². The average Bonchev–Trinajstić information content (AvgIpc) is 3.23. The SMILES string of the molecule is CC/C=C\C/C=C\C/C=C\CCCCCCCCCCCC(=O)OCC(COC(=O)CCCCCCC/C=C\CCCC)OC(=O)CCCCCCC/C=C\CCCC. The molecule has 59 heavy (non-hydrogen) atoms. The van der Waals surface area contributed by atoms with Crippen molar-refractivity contribution in [2.45, 2.75) is 245 Å². The Hall–Kier alpha value is -2.89. The first-order chi connectivity index (χ1) is 29.0. The summed E-state index contributed by atoms with van der Waals surface area (Å²) < 4.78 is 16.7. The highest BCUT2D eigenvalue weighted by atomic mass is 16.6. The standard InChI is InChI=1S/C53H92O6/c1-4-7-10-13-16-19-22-23-24-25-26-27-28-29-32-34-37-40-43-46-52(55)58-49-50(59-53(56)47-44-41-38-35-31-21-18-15-12-9-6-3)48-57-51(54)45-42-39-36-33-30-20-17-14-11-8-5-2/h7,10,14-19,23-24,50H,4-6,8-9,11-13,20-22,25-49H2,1-3H3/b10-7-,17-14-,18-15-,19-16-,24-23-. The maximum absolute atomic E-state index is 12.7. The van der Waals surface area contributed by atoms with Crippen LogP contribution in [0.1, 0.15) is 239 Å². The Labute approximate surface area is 364 Å². The van der Waals surface area contributed by atoms with E-state index in [9.17, 15) is 14.4 Å². The van der Waals surface area contributed by atoms with Crippen molar-refractivity contribution in [3.63, 3.8) is 0 Å². The summed E-state index contributed by atoms with van der Waals surface area (Å²) in [6.45, 7) is 6.43. The van der Waals surface area contributed by atoms with Gasteiger partial charge in [0.2, 0.25) is 0 Å². The van der Waals surface area contributed by atoms with Gasteiger partial charge in [-0.05, 0) is 89.9 Å². The third-order valence-electron chi connectivity index (χ3n) is 10.5. The highest BCUT2D eigenvalue weighted by Crippen LogP contribution is 2.14. The van der Waals surface area contributed by atoms with Gasteiger partial charge in [0.15, 0.2) is 6.10 Å². The van der Waals surface area contributed by atoms with Crippen molar-refractivity contribution in [3.8, 4) is 0 Å². The monoisotopic (exact) mass is 825 g/mol. The highest BCUT2D eigenvalue weighted by molar-refractivity contribution is 5.71. The van der Waals surface area contributed by atoms with Gasteiger partial charge in [-0.25, -0.2) is 0 Å². The first-order valence-electron chi connectivity index (χ1n) is 24.8. The summed E-state index contributed by atoms with van der Waals surface area (Å²) >= 11 is 0. The number of unbranched alkanes of at least 4 members (excludes halogenated alkanes) is 23. The highest BCUT2D eigenvalue weighted by Gasteiger charge is 2.19. The third-order valence-corrected chi connectivity index (χ3v) is 10.5. The van der Waals surface area contributed by atoms with Gasteiger partial charge in [-0.3, -0.25) is 14.4 Å². The predicted octanol–water partition coefficient (Wildman–Crippen LogP) is 16.1. The third kappa shape index (κ3) is 46.0. The zero-order valence-electron chi connectivity index (χ0n) is 38.8. The Balaban J connectivity index is 4.32. The van der Waals surface area contributed by atoms with Crippen LogP contribution in [0.3, 0.4) is 0 Å². The van der Waals surface area contributed by atoms with E-state index in [0.717, 1.165) is 96.3 Å². The molecule has 6 nitrogen and oxygen atoms in total. The van der Waals surface area contributed by atoms with Crippen molar-refractivity contribution in [3.05, 3.63) is 60.8 Å². The molecule has 6 heteroatoms. The zero-order chi connectivity index (χ0) is 43.0. The second-order valence-corrected chi connectivity index (χ2v) is 16.3. The molecule has 0 aromatic heterocycles. The van der Waals surface area contributed by atoms with Gasteiger partial charge in [-0.2, -0.15) is 0 Å². The first kappa shape index (κ1) is 56.1. The molecule has 0 bridgehead atoms. The molecule has 0 spiro atoms. The summed E-state index contributed by atoms with van der Waals surface area (Å²) in [5.74, 6) is -0.908. The Morgan fingerprint density at radius 2 is 0.661 bits per heavy atom. The molecule has 340 valence electrons. The fourth-order valence-electron chi connectivity index (χ4n) is 6.71. The second-order valence-electron chi connectivity index (χ2n) is 16.3. The van der Waals surface area contributed by atoms with Gasteiger partial charge < -0.3 is 14.2 Å². The summed E-state index contributed by atoms with van der Waals surface area (Å²) in [6.07, 6.45) is 57.8. The molecule has 0 saturated carbocycles. The molecule has 0 radical (unpaired) electrons. The summed E-state index contributed by atoms with van der Waals surface area (Å²) in [7, 11) is 0. The van der Waals surface area contributed by atoms with Crippen molar-refractivity contribution < 1.29 is 28.6 Å². The second kappa shape index (κ2) is 47.8. The number of ether oxygens (including phenoxy) is 3. The first-order valence-corrected chi connectivity index (χ1v) is 24.8. The Kier molecular flexibility index (Phi) is 45.4.